The van der Waals surface area contributed by atoms with Crippen molar-refractivity contribution in [2.24, 2.45) is 0 Å². The van der Waals surface area contributed by atoms with E-state index in [1.165, 1.54) is 38.2 Å². The van der Waals surface area contributed by atoms with Gasteiger partial charge in [-0.2, -0.15) is 0 Å². The second kappa shape index (κ2) is 13.8. The van der Waals surface area contributed by atoms with Gasteiger partial charge in [0.2, 0.25) is 0 Å². The van der Waals surface area contributed by atoms with E-state index in [4.69, 9.17) is 5.11 Å². The zero-order chi connectivity index (χ0) is 13.5. The van der Waals surface area contributed by atoms with Crippen molar-refractivity contribution < 1.29 is 5.11 Å². The first-order valence-corrected chi connectivity index (χ1v) is 6.92. The topological polar surface area (TPSA) is 20.2 Å². The van der Waals surface area contributed by atoms with E-state index in [1.54, 1.807) is 0 Å². The summed E-state index contributed by atoms with van der Waals surface area (Å²) < 4.78 is 0. The Bertz CT molecular complexity index is 301. The molecular weight excluding hydrogens is 220 g/mol. The molecule has 0 saturated carbocycles. The Labute approximate surface area is 112 Å². The molecule has 0 aliphatic carbocycles. The second-order valence-electron chi connectivity index (χ2n) is 4.26. The van der Waals surface area contributed by atoms with Crippen molar-refractivity contribution in [3.63, 3.8) is 0 Å². The molecule has 0 fully saturated rings. The Morgan fingerprint density at radius 1 is 1.11 bits per heavy atom. The number of allylic oxidation sites excluding steroid dienone is 4. The summed E-state index contributed by atoms with van der Waals surface area (Å²) >= 11 is 0. The molecule has 0 heterocycles. The zero-order valence-electron chi connectivity index (χ0n) is 11.6. The minimum absolute atomic E-state index is 0.672. The van der Waals surface area contributed by atoms with Crippen molar-refractivity contribution in [3.8, 4) is 11.8 Å². The first-order chi connectivity index (χ1) is 8.81. The Kier molecular flexibility index (Phi) is 12.8. The average molecular weight is 246 g/mol. The summed E-state index contributed by atoms with van der Waals surface area (Å²) in [6.07, 6.45) is 17.5. The smallest absolute Gasteiger partial charge is 0.133 e. The summed E-state index contributed by atoms with van der Waals surface area (Å²) in [6.45, 7) is 5.69. The fourth-order valence-electron chi connectivity index (χ4n) is 1.47. The van der Waals surface area contributed by atoms with E-state index in [-0.39, 0.29) is 0 Å². The summed E-state index contributed by atoms with van der Waals surface area (Å²) in [5, 5.41) is 9.09. The molecule has 1 nitrogen and oxygen atoms in total. The van der Waals surface area contributed by atoms with Gasteiger partial charge < -0.3 is 5.11 Å². The van der Waals surface area contributed by atoms with E-state index in [0.717, 1.165) is 6.42 Å². The van der Waals surface area contributed by atoms with E-state index in [1.807, 2.05) is 12.2 Å². The maximum atomic E-state index is 9.09. The van der Waals surface area contributed by atoms with Crippen molar-refractivity contribution in [3.05, 3.63) is 37.0 Å². The lowest BCUT2D eigenvalue weighted by Crippen LogP contribution is -1.94. The molecule has 0 bridgehead atoms. The van der Waals surface area contributed by atoms with Crippen LogP contribution >= 0.6 is 0 Å². The van der Waals surface area contributed by atoms with Crippen LogP contribution in [0.2, 0.25) is 0 Å². The molecule has 0 spiro atoms. The van der Waals surface area contributed by atoms with Crippen LogP contribution in [0.4, 0.5) is 0 Å². The van der Waals surface area contributed by atoms with Crippen LogP contribution in [-0.2, 0) is 0 Å². The molecule has 100 valence electrons. The van der Waals surface area contributed by atoms with Gasteiger partial charge in [0.1, 0.15) is 6.10 Å². The molecule has 0 aliphatic heterocycles. The Balaban J connectivity index is 3.45. The minimum atomic E-state index is -0.697. The van der Waals surface area contributed by atoms with Gasteiger partial charge in [-0.25, -0.2) is 0 Å². The quantitative estimate of drug-likeness (QED) is 0.277. The third-order valence-corrected chi connectivity index (χ3v) is 2.55. The monoisotopic (exact) mass is 246 g/mol. The van der Waals surface area contributed by atoms with Gasteiger partial charge in [0.25, 0.3) is 0 Å². The molecule has 1 unspecified atom stereocenters. The second-order valence-corrected chi connectivity index (χ2v) is 4.26. The molecule has 1 N–H and O–H groups in total. The predicted molar refractivity (Wildman–Crippen MR) is 80.3 cm³/mol. The summed E-state index contributed by atoms with van der Waals surface area (Å²) in [7, 11) is 0. The summed E-state index contributed by atoms with van der Waals surface area (Å²) in [5.74, 6) is 5.54. The minimum Gasteiger partial charge on any atom is -0.377 e. The normalized spacial score (nSPS) is 12.6. The molecule has 0 amide bonds. The lowest BCUT2D eigenvalue weighted by atomic mass is 10.1. The van der Waals surface area contributed by atoms with E-state index >= 15 is 0 Å². The van der Waals surface area contributed by atoms with Gasteiger partial charge in [-0.3, -0.25) is 0 Å². The molecule has 0 aromatic heterocycles. The van der Waals surface area contributed by atoms with Crippen molar-refractivity contribution in [1.82, 2.24) is 0 Å². The molecule has 0 saturated heterocycles. The molecule has 1 atom stereocenters. The SMILES string of the molecule is C=CC(O)C#CCC=CC=CCCCCCCC. The van der Waals surface area contributed by atoms with E-state index in [0.29, 0.717) is 6.42 Å². The van der Waals surface area contributed by atoms with E-state index in [2.05, 4.69) is 37.5 Å². The highest BCUT2D eigenvalue weighted by molar-refractivity contribution is 5.14. The Morgan fingerprint density at radius 3 is 2.56 bits per heavy atom. The van der Waals surface area contributed by atoms with Gasteiger partial charge in [0.05, 0.1) is 0 Å². The molecule has 1 heteroatoms. The number of rotatable bonds is 9. The van der Waals surface area contributed by atoms with Gasteiger partial charge in [0, 0.05) is 6.42 Å². The fraction of sp³-hybridized carbons (Fsp3) is 0.529. The predicted octanol–water partition coefficient (Wildman–Crippen LogP) is 4.40. The van der Waals surface area contributed by atoms with Crippen molar-refractivity contribution in [2.75, 3.05) is 0 Å². The number of unbranched alkanes of at least 4 members (excludes halogenated alkanes) is 5. The number of hydrogen-bond donors (Lipinski definition) is 1. The summed E-state index contributed by atoms with van der Waals surface area (Å²) in [5.41, 5.74) is 0. The Morgan fingerprint density at radius 2 is 1.83 bits per heavy atom. The largest absolute Gasteiger partial charge is 0.377 e. The van der Waals surface area contributed by atoms with Crippen LogP contribution in [0.5, 0.6) is 0 Å². The third-order valence-electron chi connectivity index (χ3n) is 2.55. The molecule has 0 aromatic carbocycles. The number of aliphatic hydroxyl groups excluding tert-OH is 1. The van der Waals surface area contributed by atoms with Crippen molar-refractivity contribution in [1.29, 1.82) is 0 Å². The molecule has 0 radical (unpaired) electrons. The maximum absolute atomic E-state index is 9.09. The van der Waals surface area contributed by atoms with Crippen LogP contribution in [0.25, 0.3) is 0 Å². The zero-order valence-corrected chi connectivity index (χ0v) is 11.6. The van der Waals surface area contributed by atoms with E-state index < -0.39 is 6.10 Å². The molecule has 0 aromatic rings. The molecular formula is C17H26O. The third kappa shape index (κ3) is 12.8. The highest BCUT2D eigenvalue weighted by Gasteiger charge is 1.86. The van der Waals surface area contributed by atoms with Crippen LogP contribution in [0.1, 0.15) is 51.9 Å². The van der Waals surface area contributed by atoms with Crippen molar-refractivity contribution >= 4 is 0 Å². The van der Waals surface area contributed by atoms with Gasteiger partial charge >= 0.3 is 0 Å². The maximum Gasteiger partial charge on any atom is 0.133 e. The first kappa shape index (κ1) is 16.7. The summed E-state index contributed by atoms with van der Waals surface area (Å²) in [6, 6.07) is 0. The average Bonchev–Trinajstić information content (AvgIpc) is 2.39. The summed E-state index contributed by atoms with van der Waals surface area (Å²) in [4.78, 5) is 0. The van der Waals surface area contributed by atoms with Crippen LogP contribution < -0.4 is 0 Å². The first-order valence-electron chi connectivity index (χ1n) is 6.92. The molecule has 0 aliphatic rings. The van der Waals surface area contributed by atoms with Crippen molar-refractivity contribution in [2.45, 2.75) is 58.0 Å². The van der Waals surface area contributed by atoms with Gasteiger partial charge in [-0.05, 0) is 12.8 Å². The lowest BCUT2D eigenvalue weighted by molar-refractivity contribution is 0.281. The van der Waals surface area contributed by atoms with Crippen LogP contribution in [0.15, 0.2) is 37.0 Å². The van der Waals surface area contributed by atoms with Crippen LogP contribution in [0.3, 0.4) is 0 Å². The highest BCUT2D eigenvalue weighted by Crippen LogP contribution is 2.05. The van der Waals surface area contributed by atoms with Crippen LogP contribution in [-0.4, -0.2) is 11.2 Å². The highest BCUT2D eigenvalue weighted by atomic mass is 16.3. The fourth-order valence-corrected chi connectivity index (χ4v) is 1.47. The molecule has 18 heavy (non-hydrogen) atoms. The van der Waals surface area contributed by atoms with E-state index in [9.17, 15) is 0 Å². The lowest BCUT2D eigenvalue weighted by Gasteiger charge is -1.95. The van der Waals surface area contributed by atoms with Crippen LogP contribution in [0, 0.1) is 11.8 Å². The van der Waals surface area contributed by atoms with Gasteiger partial charge in [0.15, 0.2) is 0 Å². The van der Waals surface area contributed by atoms with Gasteiger partial charge in [-0.1, -0.05) is 81.4 Å². The number of aliphatic hydroxyl groups is 1. The standard InChI is InChI=1S/C17H26O/c1-3-5-6-7-8-9-10-11-12-13-14-15-16-17(18)4-2/h4,10-13,17-18H,2-3,5-9,14H2,1H3. The van der Waals surface area contributed by atoms with Gasteiger partial charge in [-0.15, -0.1) is 0 Å². The number of hydrogen-bond acceptors (Lipinski definition) is 1. The Hall–Kier alpha value is -1.26. The molecule has 0 rings (SSSR count).